The van der Waals surface area contributed by atoms with Gasteiger partial charge in [0.2, 0.25) is 15.9 Å². The molecule has 3 aromatic rings. The Morgan fingerprint density at radius 2 is 1.98 bits per heavy atom. The molecule has 7 rings (SSSR count). The van der Waals surface area contributed by atoms with Crippen LogP contribution in [0.25, 0.3) is 21.6 Å². The Morgan fingerprint density at radius 1 is 1.19 bits per heavy atom. The number of amides is 4. The van der Waals surface area contributed by atoms with E-state index in [1.807, 2.05) is 23.6 Å². The summed E-state index contributed by atoms with van der Waals surface area (Å²) in [6.45, 7) is 4.70. The molecular weight excluding hydrogens is 728 g/mol. The van der Waals surface area contributed by atoms with E-state index in [-0.39, 0.29) is 30.8 Å². The second kappa shape index (κ2) is 14.1. The van der Waals surface area contributed by atoms with Crippen molar-refractivity contribution in [2.45, 2.75) is 87.6 Å². The van der Waals surface area contributed by atoms with Gasteiger partial charge in [0, 0.05) is 42.8 Å². The maximum Gasteiger partial charge on any atom is 0.319 e. The number of urea groups is 1. The number of hydrogen-bond donors (Lipinski definition) is 2. The molecule has 0 spiro atoms. The summed E-state index contributed by atoms with van der Waals surface area (Å²) >= 11 is 8.22. The Morgan fingerprint density at radius 3 is 2.69 bits per heavy atom. The molecule has 52 heavy (non-hydrogen) atoms. The van der Waals surface area contributed by atoms with Crippen molar-refractivity contribution in [2.24, 2.45) is 5.92 Å². The molecule has 3 fully saturated rings. The van der Waals surface area contributed by atoms with Crippen LogP contribution in [-0.2, 0) is 19.6 Å². The van der Waals surface area contributed by atoms with Gasteiger partial charge in [-0.25, -0.2) is 23.2 Å². The van der Waals surface area contributed by atoms with Crippen LogP contribution in [0, 0.1) is 5.92 Å². The first-order chi connectivity index (χ1) is 24.8. The highest BCUT2D eigenvalue weighted by molar-refractivity contribution is 7.91. The highest BCUT2D eigenvalue weighted by Crippen LogP contribution is 2.46. The van der Waals surface area contributed by atoms with Gasteiger partial charge in [-0.3, -0.25) is 14.3 Å². The minimum atomic E-state index is -3.85. The summed E-state index contributed by atoms with van der Waals surface area (Å²) in [4.78, 5) is 54.2. The molecular formula is C36H43ClN6O7S2. The van der Waals surface area contributed by atoms with Crippen LogP contribution in [0.2, 0.25) is 5.02 Å². The lowest BCUT2D eigenvalue weighted by atomic mass is 9.92. The summed E-state index contributed by atoms with van der Waals surface area (Å²) in [5, 5.41) is 5.92. The Bertz CT molecular complexity index is 2050. The molecule has 4 atom stereocenters. The topological polar surface area (TPSA) is 160 Å². The third kappa shape index (κ3) is 6.94. The Kier molecular flexibility index (Phi) is 9.89. The van der Waals surface area contributed by atoms with Gasteiger partial charge in [0.1, 0.15) is 45.4 Å². The Labute approximate surface area is 312 Å². The number of pyridine rings is 1. The number of allylic oxidation sites excluding steroid dienone is 1. The molecule has 2 aromatic heterocycles. The van der Waals surface area contributed by atoms with Crippen molar-refractivity contribution >= 4 is 61.7 Å². The van der Waals surface area contributed by atoms with Crippen molar-refractivity contribution in [3.8, 4) is 22.2 Å². The van der Waals surface area contributed by atoms with E-state index in [1.54, 1.807) is 24.1 Å². The van der Waals surface area contributed by atoms with E-state index < -0.39 is 44.8 Å². The van der Waals surface area contributed by atoms with Crippen molar-refractivity contribution in [1.82, 2.24) is 29.8 Å². The normalized spacial score (nSPS) is 25.8. The van der Waals surface area contributed by atoms with Crippen LogP contribution in [-0.4, -0.2) is 96.2 Å². The number of nitrogens with zero attached hydrogens (tertiary/aromatic N) is 4. The lowest BCUT2D eigenvalue weighted by Gasteiger charge is -2.48. The molecule has 0 bridgehead atoms. The minimum Gasteiger partial charge on any atom is -0.495 e. The number of thiazole rings is 1. The second-order valence-electron chi connectivity index (χ2n) is 14.4. The predicted molar refractivity (Wildman–Crippen MR) is 198 cm³/mol. The number of carbonyl (C=O) groups is 3. The number of sulfonamides is 1. The van der Waals surface area contributed by atoms with Crippen molar-refractivity contribution in [2.75, 3.05) is 27.3 Å². The molecule has 4 amide bonds. The van der Waals surface area contributed by atoms with Gasteiger partial charge in [0.05, 0.1) is 29.6 Å². The van der Waals surface area contributed by atoms with Crippen LogP contribution in [0.15, 0.2) is 35.7 Å². The highest BCUT2D eigenvalue weighted by atomic mass is 35.5. The molecule has 4 heterocycles. The monoisotopic (exact) mass is 770 g/mol. The maximum atomic E-state index is 14.2. The SMILES string of the molecule is COc1ccc2c(OC[C@@H]3C[C@H]4C(=O)N(C)CCCC/C=C\[C@H]5C[C@]5(C(=O)NS(=O)(=O)C5CC5)NC(=O)N34)cc(-c3nc(C(C)C)cs3)nc2c1Cl. The lowest BCUT2D eigenvalue weighted by molar-refractivity contribution is -0.142. The van der Waals surface area contributed by atoms with Gasteiger partial charge in [-0.15, -0.1) is 11.3 Å². The van der Waals surface area contributed by atoms with Crippen LogP contribution in [0.3, 0.4) is 0 Å². The number of rotatable bonds is 9. The first kappa shape index (κ1) is 36.4. The van der Waals surface area contributed by atoms with Crippen molar-refractivity contribution in [1.29, 1.82) is 0 Å². The third-order valence-electron chi connectivity index (χ3n) is 10.4. The number of fused-ring (bicyclic) bond motifs is 3. The Hall–Kier alpha value is -3.95. The average Bonchev–Trinajstić information content (AvgIpc) is 4.01. The van der Waals surface area contributed by atoms with E-state index in [0.29, 0.717) is 63.9 Å². The van der Waals surface area contributed by atoms with Crippen LogP contribution in [0.4, 0.5) is 4.79 Å². The number of benzene rings is 1. The quantitative estimate of drug-likeness (QED) is 0.278. The number of likely N-dealkylation sites (N-methyl/N-ethyl adjacent to an activating group) is 1. The number of carbonyl (C=O) groups excluding carboxylic acids is 3. The molecule has 278 valence electrons. The zero-order valence-electron chi connectivity index (χ0n) is 29.6. The molecule has 2 saturated carbocycles. The van der Waals surface area contributed by atoms with E-state index in [2.05, 4.69) is 23.9 Å². The fourth-order valence-electron chi connectivity index (χ4n) is 6.88. The van der Waals surface area contributed by atoms with E-state index in [4.69, 9.17) is 31.0 Å². The van der Waals surface area contributed by atoms with Gasteiger partial charge >= 0.3 is 6.03 Å². The highest BCUT2D eigenvalue weighted by Gasteiger charge is 2.62. The molecule has 2 N–H and O–H groups in total. The number of methoxy groups -OCH3 is 1. The van der Waals surface area contributed by atoms with Crippen LogP contribution >= 0.6 is 22.9 Å². The molecule has 0 radical (unpaired) electrons. The Balaban J connectivity index is 1.18. The average molecular weight is 771 g/mol. The fourth-order valence-corrected chi connectivity index (χ4v) is 9.47. The summed E-state index contributed by atoms with van der Waals surface area (Å²) in [7, 11) is -0.594. The number of halogens is 1. The number of ether oxygens (including phenoxy) is 2. The van der Waals surface area contributed by atoms with Crippen LogP contribution in [0.5, 0.6) is 11.5 Å². The van der Waals surface area contributed by atoms with Gasteiger partial charge < -0.3 is 24.6 Å². The first-order valence-corrected chi connectivity index (χ1v) is 20.5. The molecule has 16 heteroatoms. The second-order valence-corrected chi connectivity index (χ2v) is 17.6. The molecule has 0 unspecified atom stereocenters. The smallest absolute Gasteiger partial charge is 0.319 e. The maximum absolute atomic E-state index is 14.2. The molecule has 2 aliphatic carbocycles. The number of hydrogen-bond acceptors (Lipinski definition) is 10. The molecule has 2 aliphatic heterocycles. The minimum absolute atomic E-state index is 0.0246. The van der Waals surface area contributed by atoms with Crippen LogP contribution in [0.1, 0.15) is 70.4 Å². The van der Waals surface area contributed by atoms with Crippen molar-refractivity contribution < 1.29 is 32.3 Å². The summed E-state index contributed by atoms with van der Waals surface area (Å²) in [6.07, 6.45) is 7.78. The van der Waals surface area contributed by atoms with Crippen molar-refractivity contribution in [3.05, 3.63) is 46.4 Å². The van der Waals surface area contributed by atoms with Gasteiger partial charge in [0.25, 0.3) is 5.91 Å². The molecule has 1 saturated heterocycles. The van der Waals surface area contributed by atoms with Crippen molar-refractivity contribution in [3.63, 3.8) is 0 Å². The number of aromatic nitrogens is 2. The van der Waals surface area contributed by atoms with E-state index in [1.165, 1.54) is 23.3 Å². The zero-order chi connectivity index (χ0) is 36.9. The van der Waals surface area contributed by atoms with Gasteiger partial charge in [-0.05, 0) is 56.6 Å². The molecule has 1 aromatic carbocycles. The number of nitrogens with one attached hydrogen (secondary N) is 2. The summed E-state index contributed by atoms with van der Waals surface area (Å²) in [5.74, 6) is -0.196. The van der Waals surface area contributed by atoms with E-state index in [0.717, 1.165) is 25.0 Å². The lowest BCUT2D eigenvalue weighted by Crippen LogP contribution is -2.69. The first-order valence-electron chi connectivity index (χ1n) is 17.7. The summed E-state index contributed by atoms with van der Waals surface area (Å²) in [5.41, 5.74) is 0.523. The van der Waals surface area contributed by atoms with E-state index in [9.17, 15) is 22.8 Å². The largest absolute Gasteiger partial charge is 0.495 e. The zero-order valence-corrected chi connectivity index (χ0v) is 31.9. The van der Waals surface area contributed by atoms with Gasteiger partial charge in [0.15, 0.2) is 0 Å². The van der Waals surface area contributed by atoms with Gasteiger partial charge in [-0.2, -0.15) is 0 Å². The standard InChI is InChI=1S/C36H43ClN6O7S2/c1-20(2)26-19-51-32(39-26)25-16-29(24-12-13-28(49-4)30(37)31(24)38-25)50-18-22-15-27-33(44)42(3)14-8-6-5-7-9-21-17-36(21,40-35(46)43(22)27)34(45)41-52(47,48)23-10-11-23/h7,9,12-13,16,19-23,27H,5-6,8,10-11,14-15,17-18H2,1-4H3,(H,40,46)(H,41,45)/b9-7-/t21-,22-,27-,36-/m0/s1. The van der Waals surface area contributed by atoms with E-state index >= 15 is 0 Å². The summed E-state index contributed by atoms with van der Waals surface area (Å²) < 4.78 is 39.7. The predicted octanol–water partition coefficient (Wildman–Crippen LogP) is 5.24. The molecule has 4 aliphatic rings. The summed E-state index contributed by atoms with van der Waals surface area (Å²) in [6, 6.07) is 3.39. The van der Waals surface area contributed by atoms with Gasteiger partial charge in [-0.1, -0.05) is 37.6 Å². The molecule has 13 nitrogen and oxygen atoms in total. The third-order valence-corrected chi connectivity index (χ3v) is 13.4. The fraction of sp³-hybridized carbons (Fsp3) is 0.528. The van der Waals surface area contributed by atoms with Crippen LogP contribution < -0.4 is 19.5 Å².